The molecule has 29 nitrogen and oxygen atoms in total. The first-order valence-corrected chi connectivity index (χ1v) is 29.7. The van der Waals surface area contributed by atoms with Crippen molar-refractivity contribution in [3.63, 3.8) is 0 Å². The van der Waals surface area contributed by atoms with E-state index >= 15 is 0 Å². The zero-order valence-electron chi connectivity index (χ0n) is 51.2. The summed E-state index contributed by atoms with van der Waals surface area (Å²) in [5.74, 6) is -5.06. The zero-order valence-corrected chi connectivity index (χ0v) is 51.2. The Bertz CT molecular complexity index is 2560. The molecule has 0 bridgehead atoms. The van der Waals surface area contributed by atoms with Crippen molar-refractivity contribution in [2.75, 3.05) is 164 Å². The molecule has 0 saturated carbocycles. The average molecular weight is 1250 g/mol. The van der Waals surface area contributed by atoms with E-state index in [2.05, 4.69) is 43.5 Å². The second kappa shape index (κ2) is 45.3. The third kappa shape index (κ3) is 35.5. The highest BCUT2D eigenvalue weighted by Crippen LogP contribution is 2.28. The second-order valence-corrected chi connectivity index (χ2v) is 20.3. The standard InChI is InChI=1S/C60H92N12O17/c1-4-6-7-10-45(3)56(58(83)67-50(57(82)66-40-46-14-16-48(73)17-15-46)13-9-18-64-59(61)68-60(84)65-20-19-62-51(74)5-2)47-11-8-12-49(39-47)89-38-37-88-36-35-87-34-33-86-32-31-85-30-21-63-52(75)41-69-22-24-70(42-53(76)77)26-28-72(44-55(80)81)29-27-71(25-23-69)43-54(78)79/h4,6-8,10-12,14-17,39,50,56,73H,3,5,9,13,18-38,40-44H2,1-2H3,(H,62,74)(H,63,75)(H,66,82)(H,67,83)(H,76,77)(H,78,79)(H,80,81)(H4,61,64,65,68,84)/b6-4-,10-7-/t50-,56+/m1/s1. The third-order valence-corrected chi connectivity index (χ3v) is 13.3. The second-order valence-electron chi connectivity index (χ2n) is 20.3. The number of phenolic OH excluding ortho intramolecular Hbond substituents is 1. The van der Waals surface area contributed by atoms with E-state index in [-0.39, 0.29) is 148 Å². The number of nitrogens with two attached hydrogens (primary N) is 1. The summed E-state index contributed by atoms with van der Waals surface area (Å²) in [7, 11) is 0. The molecule has 2 atom stereocenters. The first-order chi connectivity index (χ1) is 42.8. The number of nitrogens with one attached hydrogen (secondary N) is 6. The highest BCUT2D eigenvalue weighted by atomic mass is 16.6. The van der Waals surface area contributed by atoms with Crippen molar-refractivity contribution >= 4 is 53.5 Å². The summed E-state index contributed by atoms with van der Waals surface area (Å²) in [5, 5.41) is 54.7. The van der Waals surface area contributed by atoms with Gasteiger partial charge in [0.15, 0.2) is 5.96 Å². The van der Waals surface area contributed by atoms with Crippen LogP contribution < -0.4 is 42.4 Å². The van der Waals surface area contributed by atoms with Crippen molar-refractivity contribution in [2.45, 2.75) is 51.6 Å². The van der Waals surface area contributed by atoms with E-state index in [0.717, 1.165) is 5.56 Å². The molecule has 0 radical (unpaired) electrons. The van der Waals surface area contributed by atoms with Crippen LogP contribution >= 0.6 is 0 Å². The number of hydrogen-bond donors (Lipinski definition) is 11. The molecule has 0 aromatic heterocycles. The van der Waals surface area contributed by atoms with E-state index in [1.165, 1.54) is 12.1 Å². The number of carboxylic acids is 3. The minimum atomic E-state index is -1.04. The normalized spacial score (nSPS) is 14.8. The van der Waals surface area contributed by atoms with Crippen LogP contribution in [0.3, 0.4) is 0 Å². The number of aromatic hydroxyl groups is 1. The Kier molecular flexibility index (Phi) is 38.3. The molecule has 0 aliphatic carbocycles. The van der Waals surface area contributed by atoms with Crippen molar-refractivity contribution in [2.24, 2.45) is 10.7 Å². The van der Waals surface area contributed by atoms with Gasteiger partial charge >= 0.3 is 23.9 Å². The van der Waals surface area contributed by atoms with Gasteiger partial charge in [0.05, 0.1) is 85.0 Å². The van der Waals surface area contributed by atoms with Gasteiger partial charge in [0.25, 0.3) is 0 Å². The summed E-state index contributed by atoms with van der Waals surface area (Å²) < 4.78 is 28.5. The number of phenols is 1. The molecule has 3 rings (SSSR count). The van der Waals surface area contributed by atoms with Gasteiger partial charge in [0.1, 0.15) is 24.1 Å². The van der Waals surface area contributed by atoms with E-state index in [1.807, 2.05) is 17.9 Å². The van der Waals surface area contributed by atoms with Crippen LogP contribution in [0, 0.1) is 0 Å². The number of aliphatic imine (C=N–C) groups is 1. The zero-order chi connectivity index (χ0) is 65.0. The lowest BCUT2D eigenvalue weighted by molar-refractivity contribution is -0.140. The quantitative estimate of drug-likeness (QED) is 0.0180. The van der Waals surface area contributed by atoms with Crippen LogP contribution in [0.5, 0.6) is 11.5 Å². The Morgan fingerprint density at radius 3 is 1.67 bits per heavy atom. The number of carbonyl (C=O) groups excluding carboxylic acids is 5. The molecule has 1 aliphatic heterocycles. The predicted molar refractivity (Wildman–Crippen MR) is 330 cm³/mol. The molecular weight excluding hydrogens is 1160 g/mol. The number of carboxylic acid groups (broad SMARTS) is 3. The number of carbonyl (C=O) groups is 8. The number of allylic oxidation sites excluding steroid dienone is 4. The first-order valence-electron chi connectivity index (χ1n) is 29.7. The highest BCUT2D eigenvalue weighted by molar-refractivity contribution is 5.93. The number of amides is 6. The number of aliphatic carboxylic acids is 3. The van der Waals surface area contributed by atoms with Gasteiger partial charge in [-0.3, -0.25) is 53.2 Å². The van der Waals surface area contributed by atoms with Crippen LogP contribution in [0.15, 0.2) is 90.0 Å². The topological polar surface area (TPSA) is 387 Å². The van der Waals surface area contributed by atoms with Crippen LogP contribution in [-0.2, 0) is 59.1 Å². The highest BCUT2D eigenvalue weighted by Gasteiger charge is 2.29. The van der Waals surface area contributed by atoms with E-state index in [1.54, 1.807) is 76.2 Å². The van der Waals surface area contributed by atoms with Crippen molar-refractivity contribution in [3.05, 3.63) is 96.1 Å². The number of guanidine groups is 1. The van der Waals surface area contributed by atoms with E-state index in [0.29, 0.717) is 82.3 Å². The molecular formula is C60H92N12O17. The fourth-order valence-electron chi connectivity index (χ4n) is 8.65. The summed E-state index contributed by atoms with van der Waals surface area (Å²) in [6.45, 7) is 12.7. The van der Waals surface area contributed by atoms with Gasteiger partial charge in [-0.05, 0) is 60.7 Å². The maximum atomic E-state index is 14.4. The molecule has 12 N–H and O–H groups in total. The van der Waals surface area contributed by atoms with Gasteiger partial charge in [0, 0.05) is 91.5 Å². The fourth-order valence-corrected chi connectivity index (χ4v) is 8.65. The van der Waals surface area contributed by atoms with Crippen LogP contribution in [0.4, 0.5) is 4.79 Å². The number of ether oxygens (including phenoxy) is 5. The summed E-state index contributed by atoms with van der Waals surface area (Å²) in [4.78, 5) is 110. The van der Waals surface area contributed by atoms with Gasteiger partial charge in [-0.2, -0.15) is 4.99 Å². The molecule has 1 aliphatic rings. The lowest BCUT2D eigenvalue weighted by Gasteiger charge is -2.32. The van der Waals surface area contributed by atoms with Gasteiger partial charge in [0.2, 0.25) is 23.6 Å². The Morgan fingerprint density at radius 2 is 1.13 bits per heavy atom. The van der Waals surface area contributed by atoms with Gasteiger partial charge in [-0.25, -0.2) is 4.79 Å². The smallest absolute Gasteiger partial charge is 0.344 e. The molecule has 89 heavy (non-hydrogen) atoms. The van der Waals surface area contributed by atoms with Crippen molar-refractivity contribution < 1.29 is 82.5 Å². The average Bonchev–Trinajstić information content (AvgIpc) is 1.79. The number of urea groups is 1. The monoisotopic (exact) mass is 1250 g/mol. The summed E-state index contributed by atoms with van der Waals surface area (Å²) in [6, 6.07) is 11.6. The maximum absolute atomic E-state index is 14.4. The summed E-state index contributed by atoms with van der Waals surface area (Å²) in [5.41, 5.74) is 7.65. The van der Waals surface area contributed by atoms with Gasteiger partial charge in [-0.1, -0.05) is 62.1 Å². The fraction of sp³-hybridized carbons (Fsp3) is 0.550. The minimum absolute atomic E-state index is 0.00517. The van der Waals surface area contributed by atoms with E-state index in [4.69, 9.17) is 29.4 Å². The number of rotatable bonds is 41. The molecule has 1 fully saturated rings. The molecule has 1 heterocycles. The Balaban J connectivity index is 1.41. The van der Waals surface area contributed by atoms with Crippen LogP contribution in [-0.4, -0.2) is 264 Å². The van der Waals surface area contributed by atoms with Crippen LogP contribution in [0.2, 0.25) is 0 Å². The predicted octanol–water partition coefficient (Wildman–Crippen LogP) is -0.0774. The van der Waals surface area contributed by atoms with Crippen LogP contribution in [0.25, 0.3) is 0 Å². The summed E-state index contributed by atoms with van der Waals surface area (Å²) >= 11 is 0. The van der Waals surface area contributed by atoms with Gasteiger partial charge in [-0.15, -0.1) is 0 Å². The number of nitrogens with zero attached hydrogens (tertiary/aromatic N) is 5. The lowest BCUT2D eigenvalue weighted by atomic mass is 9.90. The van der Waals surface area contributed by atoms with Crippen LogP contribution in [0.1, 0.15) is 50.2 Å². The Morgan fingerprint density at radius 1 is 0.618 bits per heavy atom. The SMILES string of the molecule is C=C(/C=C\C=C/C)[C@H](C(=O)N[C@H](CCCN/C(N)=N\C(=O)NCCNC(=O)CC)C(=O)NCc1ccc(O)cc1)c1cccc(OCCOCCOCCOCCOCCNC(=O)CN2CCN(CC(=O)O)CCN(CC(=O)O)CCN(CC(=O)O)CC2)c1. The molecule has 0 spiro atoms. The molecule has 2 aromatic carbocycles. The largest absolute Gasteiger partial charge is 0.508 e. The third-order valence-electron chi connectivity index (χ3n) is 13.3. The number of hydrogen-bond acceptors (Lipinski definition) is 18. The van der Waals surface area contributed by atoms with Crippen molar-refractivity contribution in [1.29, 1.82) is 0 Å². The van der Waals surface area contributed by atoms with E-state index in [9.17, 15) is 58.8 Å². The Hall–Kier alpha value is -8.03. The minimum Gasteiger partial charge on any atom is -0.508 e. The first kappa shape index (κ1) is 75.2. The molecule has 1 saturated heterocycles. The number of benzene rings is 2. The molecule has 29 heteroatoms. The van der Waals surface area contributed by atoms with E-state index < -0.39 is 47.7 Å². The molecule has 494 valence electrons. The Labute approximate surface area is 520 Å². The lowest BCUT2D eigenvalue weighted by Crippen LogP contribution is -2.50. The molecule has 6 amide bonds. The van der Waals surface area contributed by atoms with Gasteiger partial charge < -0.3 is 81.7 Å². The summed E-state index contributed by atoms with van der Waals surface area (Å²) in [6.07, 6.45) is 7.89. The van der Waals surface area contributed by atoms with Crippen molar-refractivity contribution in [3.8, 4) is 11.5 Å². The maximum Gasteiger partial charge on any atom is 0.344 e. The molecule has 0 unspecified atom stereocenters. The van der Waals surface area contributed by atoms with Crippen molar-refractivity contribution in [1.82, 2.24) is 51.5 Å². The molecule has 2 aromatic rings.